The highest BCUT2D eigenvalue weighted by Crippen LogP contribution is 2.40. The molecule has 0 unspecified atom stereocenters. The molecule has 0 fully saturated rings. The lowest BCUT2D eigenvalue weighted by atomic mass is 9.86. The Morgan fingerprint density at radius 2 is 1.53 bits per heavy atom. The number of pyridine rings is 2. The normalized spacial score (nSPS) is 13.2. The third-order valence-corrected chi connectivity index (χ3v) is 6.83. The van der Waals surface area contributed by atoms with Gasteiger partial charge in [0.2, 0.25) is 0 Å². The number of methoxy groups -OCH3 is 2. The van der Waals surface area contributed by atoms with Crippen LogP contribution in [0.5, 0.6) is 0 Å². The van der Waals surface area contributed by atoms with Gasteiger partial charge in [0.15, 0.2) is 11.9 Å². The molecule has 0 spiro atoms. The van der Waals surface area contributed by atoms with Crippen molar-refractivity contribution < 1.29 is 9.47 Å². The molecule has 2 aromatic heterocycles. The van der Waals surface area contributed by atoms with Gasteiger partial charge in [-0.1, -0.05) is 41.9 Å². The number of benzene rings is 3. The van der Waals surface area contributed by atoms with Crippen molar-refractivity contribution in [1.29, 1.82) is 0 Å². The van der Waals surface area contributed by atoms with Gasteiger partial charge in [-0.25, -0.2) is 9.97 Å². The van der Waals surface area contributed by atoms with E-state index in [2.05, 4.69) is 40.3 Å². The highest BCUT2D eigenvalue weighted by molar-refractivity contribution is 6.38. The number of hydrogen-bond donors (Lipinski definition) is 0. The van der Waals surface area contributed by atoms with Crippen LogP contribution in [0.25, 0.3) is 32.6 Å². The number of aryl methyl sites for hydroxylation is 2. The van der Waals surface area contributed by atoms with Crippen LogP contribution in [-0.4, -0.2) is 24.2 Å². The highest BCUT2D eigenvalue weighted by Gasteiger charge is 2.19. The van der Waals surface area contributed by atoms with Crippen LogP contribution in [0.3, 0.4) is 0 Å². The second-order valence-corrected chi connectivity index (χ2v) is 8.90. The molecule has 2 heterocycles. The molecule has 3 aromatic carbocycles. The van der Waals surface area contributed by atoms with Gasteiger partial charge in [-0.2, -0.15) is 0 Å². The van der Waals surface area contributed by atoms with Gasteiger partial charge in [0.1, 0.15) is 0 Å². The Morgan fingerprint density at radius 3 is 2.24 bits per heavy atom. The van der Waals surface area contributed by atoms with Gasteiger partial charge in [-0.15, -0.1) is 0 Å². The fourth-order valence-electron chi connectivity index (χ4n) is 4.97. The number of ether oxygens (including phenoxy) is 2. The smallest absolute Gasteiger partial charge is 0.183 e. The van der Waals surface area contributed by atoms with Crippen LogP contribution < -0.4 is 0 Å². The zero-order chi connectivity index (χ0) is 23.5. The van der Waals surface area contributed by atoms with Gasteiger partial charge < -0.3 is 9.47 Å². The van der Waals surface area contributed by atoms with E-state index in [1.54, 1.807) is 26.6 Å². The topological polar surface area (TPSA) is 44.2 Å². The lowest BCUT2D eigenvalue weighted by molar-refractivity contribution is -0.105. The van der Waals surface area contributed by atoms with E-state index in [-0.39, 0.29) is 0 Å². The van der Waals surface area contributed by atoms with E-state index < -0.39 is 6.29 Å². The average molecular weight is 471 g/mol. The summed E-state index contributed by atoms with van der Waals surface area (Å²) < 4.78 is 10.9. The lowest BCUT2D eigenvalue weighted by Gasteiger charge is -2.21. The zero-order valence-electron chi connectivity index (χ0n) is 19.4. The first-order chi connectivity index (χ1) is 16.7. The Morgan fingerprint density at radius 1 is 0.794 bits per heavy atom. The number of fused-ring (bicyclic) bond motifs is 6. The minimum Gasteiger partial charge on any atom is -0.352 e. The van der Waals surface area contributed by atoms with Crippen molar-refractivity contribution in [3.05, 3.63) is 94.8 Å². The van der Waals surface area contributed by atoms with Gasteiger partial charge >= 0.3 is 0 Å². The molecule has 0 saturated heterocycles. The maximum Gasteiger partial charge on any atom is 0.183 e. The minimum atomic E-state index is -0.415. The van der Waals surface area contributed by atoms with E-state index in [1.807, 2.05) is 30.3 Å². The van der Waals surface area contributed by atoms with Crippen molar-refractivity contribution in [3.8, 4) is 0 Å². The molecule has 0 atom stereocenters. The van der Waals surface area contributed by atoms with Crippen LogP contribution in [0.2, 0.25) is 5.02 Å². The minimum absolute atomic E-state index is 0.415. The van der Waals surface area contributed by atoms with Crippen molar-refractivity contribution in [2.75, 3.05) is 14.2 Å². The van der Waals surface area contributed by atoms with Crippen molar-refractivity contribution in [2.24, 2.45) is 0 Å². The summed E-state index contributed by atoms with van der Waals surface area (Å²) in [6.07, 6.45) is 7.94. The Hall–Kier alpha value is -3.05. The first kappa shape index (κ1) is 22.7. The Kier molecular flexibility index (Phi) is 6.73. The first-order valence-corrected chi connectivity index (χ1v) is 12.0. The third-order valence-electron chi connectivity index (χ3n) is 6.53. The predicted molar refractivity (Wildman–Crippen MR) is 139 cm³/mol. The number of rotatable bonds is 3. The van der Waals surface area contributed by atoms with Gasteiger partial charge in [-0.3, -0.25) is 0 Å². The molecule has 0 saturated carbocycles. The summed E-state index contributed by atoms with van der Waals surface area (Å²) in [6.45, 7) is 0. The molecule has 1 aliphatic carbocycles. The largest absolute Gasteiger partial charge is 0.352 e. The number of hydrogen-bond acceptors (Lipinski definition) is 4. The zero-order valence-corrected chi connectivity index (χ0v) is 20.2. The predicted octanol–water partition coefficient (Wildman–Crippen LogP) is 7.45. The molecule has 0 aliphatic heterocycles. The summed E-state index contributed by atoms with van der Waals surface area (Å²) in [5, 5.41) is 6.62. The van der Waals surface area contributed by atoms with Crippen LogP contribution in [0.1, 0.15) is 35.8 Å². The van der Waals surface area contributed by atoms with E-state index in [0.29, 0.717) is 0 Å². The molecule has 34 heavy (non-hydrogen) atoms. The summed E-state index contributed by atoms with van der Waals surface area (Å²) in [6, 6.07) is 20.7. The van der Waals surface area contributed by atoms with E-state index >= 15 is 0 Å². The Balaban J connectivity index is 0.000000200. The van der Waals surface area contributed by atoms with Crippen molar-refractivity contribution >= 4 is 44.2 Å². The summed E-state index contributed by atoms with van der Waals surface area (Å²) in [5.41, 5.74) is 4.74. The fraction of sp³-hybridized carbons (Fsp3) is 0.241. The molecular weight excluding hydrogens is 444 g/mol. The van der Waals surface area contributed by atoms with Gasteiger partial charge in [0.05, 0.1) is 0 Å². The summed E-state index contributed by atoms with van der Waals surface area (Å²) in [4.78, 5) is 8.14. The van der Waals surface area contributed by atoms with Gasteiger partial charge in [-0.05, 0) is 83.3 Å². The van der Waals surface area contributed by atoms with Crippen LogP contribution in [0, 0.1) is 0 Å². The Labute approximate surface area is 204 Å². The van der Waals surface area contributed by atoms with Crippen LogP contribution in [0.4, 0.5) is 0 Å². The molecule has 172 valence electrons. The molecule has 5 heteroatoms. The summed E-state index contributed by atoms with van der Waals surface area (Å²) in [7, 11) is 3.30. The maximum atomic E-state index is 6.73. The van der Waals surface area contributed by atoms with Gasteiger partial charge in [0.25, 0.3) is 0 Å². The first-order valence-electron chi connectivity index (χ1n) is 11.6. The van der Waals surface area contributed by atoms with Gasteiger partial charge in [0, 0.05) is 48.0 Å². The Bertz CT molecular complexity index is 1400. The van der Waals surface area contributed by atoms with E-state index in [4.69, 9.17) is 21.1 Å². The van der Waals surface area contributed by atoms with Crippen molar-refractivity contribution in [1.82, 2.24) is 9.97 Å². The number of aromatic nitrogens is 2. The second-order valence-electron chi connectivity index (χ2n) is 8.49. The lowest BCUT2D eigenvalue weighted by Crippen LogP contribution is -2.05. The monoisotopic (exact) mass is 470 g/mol. The summed E-state index contributed by atoms with van der Waals surface area (Å²) >= 11 is 6.73. The van der Waals surface area contributed by atoms with Crippen molar-refractivity contribution in [3.63, 3.8) is 0 Å². The second kappa shape index (κ2) is 10.1. The SMILES string of the molecule is COC(OC)c1cccc2c1c(Cl)cc1c3c(ccc12)CCCC3.c1cnc2ncccc2c1. The molecule has 0 amide bonds. The number of nitrogens with zero attached hydrogens (tertiary/aromatic N) is 2. The average Bonchev–Trinajstić information content (AvgIpc) is 2.90. The van der Waals surface area contributed by atoms with E-state index in [9.17, 15) is 0 Å². The molecule has 1 aliphatic rings. The molecular formula is C29H27ClN2O2. The number of halogens is 1. The molecule has 4 nitrogen and oxygen atoms in total. The quantitative estimate of drug-likeness (QED) is 0.203. The standard InChI is InChI=1S/C21H21ClO2.C8H6N2/c1-23-21(24-2)17-9-5-8-16-15-11-10-13-6-3-4-7-14(13)18(15)12-19(22)20(16)17;1-3-7-4-2-6-10-8(7)9-5-1/h5,8-12,21H,3-4,6-7H2,1-2H3;1-6H. The van der Waals surface area contributed by atoms with Crippen LogP contribution >= 0.6 is 11.6 Å². The summed E-state index contributed by atoms with van der Waals surface area (Å²) in [5.74, 6) is 0. The van der Waals surface area contributed by atoms with E-state index in [0.717, 1.165) is 33.4 Å². The van der Waals surface area contributed by atoms with E-state index in [1.165, 1.54) is 46.5 Å². The van der Waals surface area contributed by atoms with Crippen LogP contribution in [0.15, 0.2) is 73.1 Å². The molecule has 5 aromatic rings. The molecule has 0 radical (unpaired) electrons. The highest BCUT2D eigenvalue weighted by atomic mass is 35.5. The van der Waals surface area contributed by atoms with Crippen LogP contribution in [-0.2, 0) is 22.3 Å². The van der Waals surface area contributed by atoms with Crippen molar-refractivity contribution in [2.45, 2.75) is 32.0 Å². The molecule has 0 N–H and O–H groups in total. The third kappa shape index (κ3) is 4.25. The molecule has 0 bridgehead atoms. The molecule has 6 rings (SSSR count). The fourth-order valence-corrected chi connectivity index (χ4v) is 5.29. The maximum absolute atomic E-state index is 6.73.